The molecule has 1 amide bonds. The Morgan fingerprint density at radius 3 is 2.59 bits per heavy atom. The van der Waals surface area contributed by atoms with Gasteiger partial charge in [0.25, 0.3) is 0 Å². The van der Waals surface area contributed by atoms with Crippen molar-refractivity contribution in [3.05, 3.63) is 40.9 Å². The minimum Gasteiger partial charge on any atom is -0.322 e. The maximum Gasteiger partial charge on any atom is 0.230 e. The lowest BCUT2D eigenvalue weighted by atomic mass is 9.46. The zero-order valence-electron chi connectivity index (χ0n) is 14.6. The van der Waals surface area contributed by atoms with E-state index in [4.69, 9.17) is 0 Å². The van der Waals surface area contributed by atoms with Crippen LogP contribution in [0.1, 0.15) is 38.5 Å². The number of hydrogen-bond donors (Lipinski definition) is 1. The number of anilines is 1. The lowest BCUT2D eigenvalue weighted by Crippen LogP contribution is -2.60. The number of rotatable bonds is 3. The molecule has 27 heavy (non-hydrogen) atoms. The SMILES string of the molecule is O=C(Nc1c(F)cc(F)cc1Br)C12C[C@H]3C[C@@H](C1)CC(n1cncn1)(C3)C2. The Morgan fingerprint density at radius 2 is 1.96 bits per heavy atom. The van der Waals surface area contributed by atoms with Crippen molar-refractivity contribution in [1.82, 2.24) is 14.8 Å². The van der Waals surface area contributed by atoms with E-state index in [9.17, 15) is 13.6 Å². The molecule has 6 rings (SSSR count). The normalized spacial score (nSPS) is 34.0. The molecule has 1 heterocycles. The smallest absolute Gasteiger partial charge is 0.230 e. The predicted molar refractivity (Wildman–Crippen MR) is 97.8 cm³/mol. The van der Waals surface area contributed by atoms with Crippen LogP contribution in [0.4, 0.5) is 14.5 Å². The van der Waals surface area contributed by atoms with Crippen LogP contribution in [-0.4, -0.2) is 20.7 Å². The number of halogens is 3. The van der Waals surface area contributed by atoms with E-state index in [0.29, 0.717) is 18.3 Å². The number of aromatic nitrogens is 3. The summed E-state index contributed by atoms with van der Waals surface area (Å²) < 4.78 is 29.7. The second-order valence-electron chi connectivity index (χ2n) is 8.50. The summed E-state index contributed by atoms with van der Waals surface area (Å²) in [5, 5.41) is 7.14. The topological polar surface area (TPSA) is 59.8 Å². The van der Waals surface area contributed by atoms with E-state index in [0.717, 1.165) is 44.2 Å². The van der Waals surface area contributed by atoms with Gasteiger partial charge in [-0.05, 0) is 72.4 Å². The summed E-state index contributed by atoms with van der Waals surface area (Å²) in [7, 11) is 0. The largest absolute Gasteiger partial charge is 0.322 e. The summed E-state index contributed by atoms with van der Waals surface area (Å²) in [6.07, 6.45) is 8.75. The molecule has 0 spiro atoms. The van der Waals surface area contributed by atoms with Gasteiger partial charge in [-0.1, -0.05) is 0 Å². The quantitative estimate of drug-likeness (QED) is 0.781. The first-order valence-corrected chi connectivity index (χ1v) is 10.00. The predicted octanol–water partition coefficient (Wildman–Crippen LogP) is 4.25. The van der Waals surface area contributed by atoms with Crippen molar-refractivity contribution in [2.75, 3.05) is 5.32 Å². The highest BCUT2D eigenvalue weighted by molar-refractivity contribution is 9.10. The van der Waals surface area contributed by atoms with Crippen molar-refractivity contribution in [3.63, 3.8) is 0 Å². The van der Waals surface area contributed by atoms with Crippen LogP contribution in [0.15, 0.2) is 29.3 Å². The molecule has 1 aromatic heterocycles. The Balaban J connectivity index is 1.49. The molecule has 142 valence electrons. The average molecular weight is 437 g/mol. The highest BCUT2D eigenvalue weighted by Gasteiger charge is 2.61. The van der Waals surface area contributed by atoms with E-state index >= 15 is 0 Å². The number of amides is 1. The summed E-state index contributed by atoms with van der Waals surface area (Å²) in [6.45, 7) is 0. The van der Waals surface area contributed by atoms with Gasteiger partial charge in [0.05, 0.1) is 16.6 Å². The second-order valence-corrected chi connectivity index (χ2v) is 9.36. The van der Waals surface area contributed by atoms with Crippen molar-refractivity contribution >= 4 is 27.5 Å². The number of hydrogen-bond acceptors (Lipinski definition) is 3. The van der Waals surface area contributed by atoms with Crippen LogP contribution in [0.3, 0.4) is 0 Å². The van der Waals surface area contributed by atoms with Crippen LogP contribution in [0.2, 0.25) is 0 Å². The van der Waals surface area contributed by atoms with Gasteiger partial charge in [0.15, 0.2) is 5.82 Å². The van der Waals surface area contributed by atoms with Crippen LogP contribution in [0.5, 0.6) is 0 Å². The molecule has 4 aliphatic rings. The van der Waals surface area contributed by atoms with Gasteiger partial charge in [0.2, 0.25) is 5.91 Å². The summed E-state index contributed by atoms with van der Waals surface area (Å²) in [4.78, 5) is 17.4. The summed E-state index contributed by atoms with van der Waals surface area (Å²) >= 11 is 3.16. The number of carbonyl (C=O) groups excluding carboxylic acids is 1. The third kappa shape index (κ3) is 2.63. The second kappa shape index (κ2) is 5.83. The molecule has 4 atom stereocenters. The Labute approximate surface area is 163 Å². The molecule has 2 aromatic rings. The van der Waals surface area contributed by atoms with Crippen LogP contribution in [0.25, 0.3) is 0 Å². The Morgan fingerprint density at radius 1 is 1.22 bits per heavy atom. The Bertz CT molecular complexity index is 879. The minimum atomic E-state index is -0.772. The maximum absolute atomic E-state index is 14.2. The Hall–Kier alpha value is -1.83. The Kier molecular flexibility index (Phi) is 3.73. The molecule has 4 fully saturated rings. The first-order valence-electron chi connectivity index (χ1n) is 9.20. The van der Waals surface area contributed by atoms with Gasteiger partial charge in [-0.3, -0.25) is 4.79 Å². The first-order chi connectivity index (χ1) is 12.9. The lowest BCUT2D eigenvalue weighted by Gasteiger charge is -2.60. The molecule has 0 aliphatic heterocycles. The molecule has 5 nitrogen and oxygen atoms in total. The number of benzene rings is 1. The van der Waals surface area contributed by atoms with E-state index in [2.05, 4.69) is 31.3 Å². The van der Waals surface area contributed by atoms with E-state index in [1.807, 2.05) is 4.68 Å². The molecule has 0 saturated heterocycles. The highest BCUT2D eigenvalue weighted by Crippen LogP contribution is 2.64. The summed E-state index contributed by atoms with van der Waals surface area (Å²) in [5.41, 5.74) is -0.723. The zero-order valence-corrected chi connectivity index (χ0v) is 16.2. The van der Waals surface area contributed by atoms with Gasteiger partial charge in [-0.2, -0.15) is 5.10 Å². The highest BCUT2D eigenvalue weighted by atomic mass is 79.9. The van der Waals surface area contributed by atoms with Crippen molar-refractivity contribution in [2.45, 2.75) is 44.1 Å². The van der Waals surface area contributed by atoms with E-state index in [1.54, 1.807) is 6.33 Å². The molecule has 2 unspecified atom stereocenters. The van der Waals surface area contributed by atoms with Crippen LogP contribution in [-0.2, 0) is 10.3 Å². The summed E-state index contributed by atoms with van der Waals surface area (Å²) in [6, 6.07) is 1.95. The number of carbonyl (C=O) groups is 1. The van der Waals surface area contributed by atoms with Crippen molar-refractivity contribution in [1.29, 1.82) is 0 Å². The standard InChI is InChI=1S/C19H19BrF2N4O/c20-14-2-13(21)3-15(22)16(14)25-17(27)18-4-11-1-12(5-18)7-19(6-11,8-18)26-10-23-9-24-26/h2-3,9-12H,1,4-8H2,(H,25,27)/t11-,12+,18?,19?. The molecule has 4 aliphatic carbocycles. The molecule has 0 radical (unpaired) electrons. The fraction of sp³-hybridized carbons (Fsp3) is 0.526. The molecule has 8 heteroatoms. The van der Waals surface area contributed by atoms with E-state index in [1.165, 1.54) is 6.33 Å². The van der Waals surface area contributed by atoms with Gasteiger partial charge in [-0.25, -0.2) is 18.4 Å². The van der Waals surface area contributed by atoms with Crippen molar-refractivity contribution in [2.24, 2.45) is 17.3 Å². The third-order valence-corrected chi connectivity index (χ3v) is 7.29. The van der Waals surface area contributed by atoms with Crippen LogP contribution >= 0.6 is 15.9 Å². The fourth-order valence-corrected chi connectivity index (χ4v) is 6.62. The van der Waals surface area contributed by atoms with Crippen LogP contribution < -0.4 is 5.32 Å². The molecule has 1 N–H and O–H groups in total. The van der Waals surface area contributed by atoms with Crippen molar-refractivity contribution in [3.8, 4) is 0 Å². The minimum absolute atomic E-state index is 0.00644. The number of nitrogens with zero attached hydrogens (tertiary/aromatic N) is 3. The van der Waals surface area contributed by atoms with E-state index in [-0.39, 0.29) is 21.6 Å². The fourth-order valence-electron chi connectivity index (χ4n) is 6.11. The van der Waals surface area contributed by atoms with Gasteiger partial charge in [0.1, 0.15) is 18.5 Å². The molecular weight excluding hydrogens is 418 g/mol. The van der Waals surface area contributed by atoms with Gasteiger partial charge >= 0.3 is 0 Å². The first kappa shape index (κ1) is 17.3. The van der Waals surface area contributed by atoms with E-state index < -0.39 is 17.0 Å². The third-order valence-electron chi connectivity index (χ3n) is 6.66. The molecule has 4 saturated carbocycles. The monoisotopic (exact) mass is 436 g/mol. The number of nitrogens with one attached hydrogen (secondary N) is 1. The van der Waals surface area contributed by atoms with Gasteiger partial charge in [0, 0.05) is 10.5 Å². The summed E-state index contributed by atoms with van der Waals surface area (Å²) in [5.74, 6) is -0.707. The van der Waals surface area contributed by atoms with Gasteiger partial charge < -0.3 is 5.32 Å². The van der Waals surface area contributed by atoms with Crippen molar-refractivity contribution < 1.29 is 13.6 Å². The molecule has 1 aromatic carbocycles. The molecular formula is C19H19BrF2N4O. The molecule has 4 bridgehead atoms. The zero-order chi connectivity index (χ0) is 18.8. The van der Waals surface area contributed by atoms with Crippen LogP contribution in [0, 0.1) is 28.9 Å². The average Bonchev–Trinajstić information content (AvgIpc) is 3.12. The lowest BCUT2D eigenvalue weighted by molar-refractivity contribution is -0.150. The van der Waals surface area contributed by atoms with Gasteiger partial charge in [-0.15, -0.1) is 0 Å². The maximum atomic E-state index is 14.2.